The second-order valence-corrected chi connectivity index (χ2v) is 11.3. The number of hydrogen-bond donors (Lipinski definition) is 1. The van der Waals surface area contributed by atoms with E-state index in [4.69, 9.17) is 4.74 Å². The monoisotopic (exact) mass is 418 g/mol. The van der Waals surface area contributed by atoms with E-state index in [0.717, 1.165) is 49.0 Å². The van der Waals surface area contributed by atoms with Crippen LogP contribution in [0.15, 0.2) is 11.6 Å². The van der Waals surface area contributed by atoms with E-state index in [0.29, 0.717) is 5.41 Å². The average Bonchev–Trinajstić information content (AvgIpc) is 3.21. The number of carbonyl (C=O) groups excluding carboxylic acids is 1. The highest BCUT2D eigenvalue weighted by Gasteiger charge is 2.64. The molecule has 0 unspecified atom stereocenters. The first-order valence-electron chi connectivity index (χ1n) is 12.3. The van der Waals surface area contributed by atoms with Crippen LogP contribution in [0.4, 0.5) is 9.18 Å². The summed E-state index contributed by atoms with van der Waals surface area (Å²) in [5, 5.41) is 2.50. The molecule has 1 amide bonds. The molecule has 3 saturated carbocycles. The molecule has 5 heteroatoms. The smallest absolute Gasteiger partial charge is 0.407 e. The largest absolute Gasteiger partial charge is 0.446 e. The normalized spacial score (nSPS) is 47.5. The van der Waals surface area contributed by atoms with Gasteiger partial charge in [-0.3, -0.25) is 0 Å². The van der Waals surface area contributed by atoms with Crippen LogP contribution in [0.25, 0.3) is 0 Å². The minimum atomic E-state index is -0.551. The lowest BCUT2D eigenvalue weighted by Gasteiger charge is -2.58. The van der Waals surface area contributed by atoms with Gasteiger partial charge in [-0.1, -0.05) is 18.6 Å². The number of amides is 1. The molecule has 1 spiro atoms. The molecule has 4 aliphatic carbocycles. The molecule has 1 N–H and O–H groups in total. The first-order chi connectivity index (χ1) is 14.4. The van der Waals surface area contributed by atoms with Crippen LogP contribution in [-0.2, 0) is 4.74 Å². The Balaban J connectivity index is 1.32. The fourth-order valence-corrected chi connectivity index (χ4v) is 8.87. The van der Waals surface area contributed by atoms with Crippen LogP contribution in [0.5, 0.6) is 0 Å². The van der Waals surface area contributed by atoms with Crippen LogP contribution < -0.4 is 5.32 Å². The maximum atomic E-state index is 12.3. The molecule has 0 aromatic carbocycles. The van der Waals surface area contributed by atoms with Crippen molar-refractivity contribution in [3.05, 3.63) is 11.6 Å². The molecule has 5 rings (SSSR count). The van der Waals surface area contributed by atoms with Gasteiger partial charge in [-0.05, 0) is 93.4 Å². The van der Waals surface area contributed by atoms with Gasteiger partial charge in [-0.2, -0.15) is 0 Å². The van der Waals surface area contributed by atoms with Gasteiger partial charge in [0.15, 0.2) is 0 Å². The molecule has 168 valence electrons. The lowest BCUT2D eigenvalue weighted by Crippen LogP contribution is -2.52. The maximum Gasteiger partial charge on any atom is 0.407 e. The van der Waals surface area contributed by atoms with Crippen molar-refractivity contribution in [2.24, 2.45) is 34.5 Å². The third-order valence-electron chi connectivity index (χ3n) is 10.3. The van der Waals surface area contributed by atoms with Gasteiger partial charge >= 0.3 is 6.09 Å². The van der Waals surface area contributed by atoms with Crippen LogP contribution in [0.1, 0.15) is 65.2 Å². The standard InChI is InChI=1S/C25H39FN2O2/c1-16-20-6-7-22-19-5-4-17-14-18(30-23(29)27-13-12-26)8-10-24(17,2)21(19)9-11-25(20,22)15-28(16)3/h4,16,18-22H,5-15H2,1-3H3,(H,27,29)/t16-,18-,19+,20+,21-,22-,24-,25-/m0/s1. The van der Waals surface area contributed by atoms with Gasteiger partial charge < -0.3 is 15.0 Å². The minimum Gasteiger partial charge on any atom is -0.446 e. The van der Waals surface area contributed by atoms with Crippen molar-refractivity contribution < 1.29 is 13.9 Å². The van der Waals surface area contributed by atoms with Crippen molar-refractivity contribution in [1.29, 1.82) is 0 Å². The van der Waals surface area contributed by atoms with Crippen molar-refractivity contribution in [3.63, 3.8) is 0 Å². The minimum absolute atomic E-state index is 0.0354. The van der Waals surface area contributed by atoms with Crippen molar-refractivity contribution in [2.75, 3.05) is 26.8 Å². The van der Waals surface area contributed by atoms with E-state index < -0.39 is 12.8 Å². The Morgan fingerprint density at radius 3 is 2.83 bits per heavy atom. The summed E-state index contributed by atoms with van der Waals surface area (Å²) < 4.78 is 17.9. The van der Waals surface area contributed by atoms with Gasteiger partial charge in [-0.15, -0.1) is 0 Å². The molecule has 0 aromatic heterocycles. The third-order valence-corrected chi connectivity index (χ3v) is 10.3. The topological polar surface area (TPSA) is 41.6 Å². The third kappa shape index (κ3) is 2.97. The number of allylic oxidation sites excluding steroid dienone is 1. The first-order valence-corrected chi connectivity index (χ1v) is 12.3. The Labute approximate surface area is 181 Å². The number of nitrogens with one attached hydrogen (secondary N) is 1. The van der Waals surface area contributed by atoms with E-state index in [1.807, 2.05) is 0 Å². The van der Waals surface area contributed by atoms with Crippen molar-refractivity contribution in [2.45, 2.75) is 77.4 Å². The molecule has 0 aromatic rings. The van der Waals surface area contributed by atoms with Crippen molar-refractivity contribution >= 4 is 6.09 Å². The summed E-state index contributed by atoms with van der Waals surface area (Å²) in [6, 6.07) is 0.743. The number of carbonyl (C=O) groups is 1. The van der Waals surface area contributed by atoms with E-state index in [1.165, 1.54) is 44.2 Å². The highest BCUT2D eigenvalue weighted by atomic mass is 19.1. The Morgan fingerprint density at radius 2 is 2.03 bits per heavy atom. The summed E-state index contributed by atoms with van der Waals surface area (Å²) in [4.78, 5) is 14.5. The van der Waals surface area contributed by atoms with Gasteiger partial charge in [0, 0.05) is 25.6 Å². The number of hydrogen-bond acceptors (Lipinski definition) is 3. The first kappa shape index (κ1) is 20.8. The lowest BCUT2D eigenvalue weighted by molar-refractivity contribution is -0.0488. The predicted octanol–water partition coefficient (Wildman–Crippen LogP) is 4.94. The second kappa shape index (κ2) is 7.50. The molecular weight excluding hydrogens is 379 g/mol. The molecule has 4 nitrogen and oxygen atoms in total. The number of alkyl carbamates (subject to hydrolysis) is 1. The van der Waals surface area contributed by atoms with E-state index in [-0.39, 0.29) is 18.1 Å². The van der Waals surface area contributed by atoms with Crippen molar-refractivity contribution in [3.8, 4) is 0 Å². The molecule has 0 bridgehead atoms. The average molecular weight is 419 g/mol. The van der Waals surface area contributed by atoms with Crippen molar-refractivity contribution in [1.82, 2.24) is 10.2 Å². The molecular formula is C25H39FN2O2. The van der Waals surface area contributed by atoms with Crippen LogP contribution in [0.3, 0.4) is 0 Å². The molecule has 0 radical (unpaired) electrons. The maximum absolute atomic E-state index is 12.3. The molecule has 5 aliphatic rings. The molecule has 4 fully saturated rings. The molecule has 1 aliphatic heterocycles. The van der Waals surface area contributed by atoms with Gasteiger partial charge in [-0.25, -0.2) is 9.18 Å². The number of nitrogens with zero attached hydrogens (tertiary/aromatic N) is 1. The quantitative estimate of drug-likeness (QED) is 0.660. The summed E-state index contributed by atoms with van der Waals surface area (Å²) in [6.45, 7) is 5.75. The number of halogens is 1. The van der Waals surface area contributed by atoms with Crippen LogP contribution >= 0.6 is 0 Å². The summed E-state index contributed by atoms with van der Waals surface area (Å²) in [6.07, 6.45) is 11.8. The van der Waals surface area contributed by atoms with Gasteiger partial charge in [0.1, 0.15) is 12.8 Å². The van der Waals surface area contributed by atoms with E-state index >= 15 is 0 Å². The number of fused-ring (bicyclic) bond motifs is 4. The van der Waals surface area contributed by atoms with E-state index in [1.54, 1.807) is 0 Å². The lowest BCUT2D eigenvalue weighted by atomic mass is 9.47. The number of rotatable bonds is 3. The molecule has 1 heterocycles. The number of ether oxygens (including phenoxy) is 1. The van der Waals surface area contributed by atoms with Crippen LogP contribution in [0, 0.1) is 34.5 Å². The zero-order valence-corrected chi connectivity index (χ0v) is 19.0. The highest BCUT2D eigenvalue weighted by molar-refractivity contribution is 5.67. The predicted molar refractivity (Wildman–Crippen MR) is 116 cm³/mol. The zero-order chi connectivity index (χ0) is 21.1. The fourth-order valence-electron chi connectivity index (χ4n) is 8.87. The summed E-state index contributed by atoms with van der Waals surface area (Å²) >= 11 is 0. The van der Waals surface area contributed by atoms with Gasteiger partial charge in [0.25, 0.3) is 0 Å². The molecule has 1 saturated heterocycles. The number of likely N-dealkylation sites (tertiary alicyclic amines) is 1. The Bertz CT molecular complexity index is 726. The fraction of sp³-hybridized carbons (Fsp3) is 0.880. The zero-order valence-electron chi connectivity index (χ0n) is 19.0. The Kier molecular flexibility index (Phi) is 5.19. The van der Waals surface area contributed by atoms with Gasteiger partial charge in [0.05, 0.1) is 0 Å². The van der Waals surface area contributed by atoms with E-state index in [9.17, 15) is 9.18 Å². The summed E-state index contributed by atoms with van der Waals surface area (Å²) in [5.74, 6) is 3.42. The van der Waals surface area contributed by atoms with Crippen LogP contribution in [-0.4, -0.2) is 50.0 Å². The Hall–Kier alpha value is -1.10. The molecule has 30 heavy (non-hydrogen) atoms. The second-order valence-electron chi connectivity index (χ2n) is 11.3. The SMILES string of the molecule is C[C@H]1[C@H]2CC[C@H]3[C@@H]4CC=C5C[C@@H](OC(=O)NCCF)CC[C@]5(C)[C@H]4CC[C@]23CN1C. The van der Waals surface area contributed by atoms with Gasteiger partial charge in [0.2, 0.25) is 0 Å². The van der Waals surface area contributed by atoms with Crippen LogP contribution in [0.2, 0.25) is 0 Å². The molecule has 8 atom stereocenters. The Morgan fingerprint density at radius 1 is 1.23 bits per heavy atom. The number of alkyl halides is 1. The summed E-state index contributed by atoms with van der Waals surface area (Å²) in [5.41, 5.74) is 2.38. The summed E-state index contributed by atoms with van der Waals surface area (Å²) in [7, 11) is 2.34. The van der Waals surface area contributed by atoms with E-state index in [2.05, 4.69) is 37.2 Å². The highest BCUT2D eigenvalue weighted by Crippen LogP contribution is 2.68.